The number of carbonyl (C=O) groups excluding carboxylic acids is 4. The van der Waals surface area contributed by atoms with Gasteiger partial charge in [0.2, 0.25) is 23.6 Å². The highest BCUT2D eigenvalue weighted by molar-refractivity contribution is 5.96. The summed E-state index contributed by atoms with van der Waals surface area (Å²) in [6.45, 7) is 0. The van der Waals surface area contributed by atoms with Gasteiger partial charge in [-0.1, -0.05) is 18.2 Å². The Morgan fingerprint density at radius 3 is 1.39 bits per heavy atom. The quantitative estimate of drug-likeness (QED) is 0.0623. The number of fused-ring (bicyclic) bond motifs is 1. The normalized spacial score (nSPS) is 13.8. The molecule has 0 aliphatic carbocycles. The van der Waals surface area contributed by atoms with Crippen molar-refractivity contribution in [3.8, 4) is 0 Å². The lowest BCUT2D eigenvalue weighted by Crippen LogP contribution is -2.58. The first-order chi connectivity index (χ1) is 24.0. The number of H-pyrrole nitrogens is 1. The molecular formula is C31H40N6O14. The van der Waals surface area contributed by atoms with Crippen LogP contribution < -0.4 is 27.0 Å². The van der Waals surface area contributed by atoms with Crippen molar-refractivity contribution in [2.75, 3.05) is 0 Å². The molecule has 0 aliphatic rings. The third-order valence-electron chi connectivity index (χ3n) is 7.56. The summed E-state index contributed by atoms with van der Waals surface area (Å²) in [5.41, 5.74) is 6.92. The molecule has 0 saturated carbocycles. The van der Waals surface area contributed by atoms with Crippen LogP contribution in [-0.4, -0.2) is 114 Å². The molecule has 0 radical (unpaired) electrons. The first-order valence-electron chi connectivity index (χ1n) is 15.6. The summed E-state index contributed by atoms with van der Waals surface area (Å²) in [7, 11) is 0. The Labute approximate surface area is 289 Å². The molecular weight excluding hydrogens is 680 g/mol. The number of para-hydroxylation sites is 1. The lowest BCUT2D eigenvalue weighted by atomic mass is 10.0. The molecule has 0 saturated heterocycles. The number of amides is 4. The van der Waals surface area contributed by atoms with Gasteiger partial charge in [0.05, 0.1) is 6.04 Å². The number of aromatic nitrogens is 1. The average Bonchev–Trinajstić information content (AvgIpc) is 3.47. The van der Waals surface area contributed by atoms with Crippen molar-refractivity contribution in [2.45, 2.75) is 88.0 Å². The van der Waals surface area contributed by atoms with E-state index in [1.165, 1.54) is 0 Å². The number of benzene rings is 1. The van der Waals surface area contributed by atoms with Gasteiger partial charge in [0.25, 0.3) is 0 Å². The van der Waals surface area contributed by atoms with Crippen molar-refractivity contribution in [2.24, 2.45) is 5.73 Å². The lowest BCUT2D eigenvalue weighted by molar-refractivity contribution is -0.143. The lowest BCUT2D eigenvalue weighted by Gasteiger charge is -2.26. The molecule has 1 aromatic heterocycles. The number of rotatable bonds is 23. The largest absolute Gasteiger partial charge is 0.481 e. The van der Waals surface area contributed by atoms with Crippen molar-refractivity contribution < 1.29 is 68.7 Å². The Morgan fingerprint density at radius 2 is 0.961 bits per heavy atom. The van der Waals surface area contributed by atoms with Crippen molar-refractivity contribution in [3.63, 3.8) is 0 Å². The van der Waals surface area contributed by atoms with E-state index in [-0.39, 0.29) is 12.8 Å². The Kier molecular flexibility index (Phi) is 16.0. The van der Waals surface area contributed by atoms with Crippen LogP contribution in [0.2, 0.25) is 0 Å². The van der Waals surface area contributed by atoms with Crippen LogP contribution in [-0.2, 0) is 49.6 Å². The second-order valence-electron chi connectivity index (χ2n) is 11.5. The molecule has 1 heterocycles. The van der Waals surface area contributed by atoms with Gasteiger partial charge in [0, 0.05) is 49.2 Å². The van der Waals surface area contributed by atoms with Crippen molar-refractivity contribution in [1.82, 2.24) is 26.3 Å². The number of aromatic amines is 1. The highest BCUT2D eigenvalue weighted by atomic mass is 16.4. The number of aliphatic carboxylic acids is 5. The Morgan fingerprint density at radius 1 is 0.569 bits per heavy atom. The van der Waals surface area contributed by atoms with E-state index in [2.05, 4.69) is 26.3 Å². The molecule has 20 nitrogen and oxygen atoms in total. The van der Waals surface area contributed by atoms with Crippen LogP contribution in [0.25, 0.3) is 10.9 Å². The zero-order valence-corrected chi connectivity index (χ0v) is 27.1. The maximum atomic E-state index is 13.4. The van der Waals surface area contributed by atoms with E-state index < -0.39 is 129 Å². The van der Waals surface area contributed by atoms with Gasteiger partial charge in [-0.05, 0) is 37.3 Å². The predicted molar refractivity (Wildman–Crippen MR) is 173 cm³/mol. The van der Waals surface area contributed by atoms with Crippen LogP contribution in [0.1, 0.15) is 56.9 Å². The minimum absolute atomic E-state index is 0.203. The summed E-state index contributed by atoms with van der Waals surface area (Å²) < 4.78 is 0. The van der Waals surface area contributed by atoms with E-state index in [1.54, 1.807) is 30.5 Å². The zero-order chi connectivity index (χ0) is 38.2. The van der Waals surface area contributed by atoms with Gasteiger partial charge >= 0.3 is 29.8 Å². The average molecular weight is 721 g/mol. The maximum Gasteiger partial charge on any atom is 0.326 e. The van der Waals surface area contributed by atoms with Gasteiger partial charge in [-0.15, -0.1) is 0 Å². The summed E-state index contributed by atoms with van der Waals surface area (Å²) in [5.74, 6) is -11.3. The number of nitrogens with one attached hydrogen (secondary N) is 5. The topological polar surface area (TPSA) is 345 Å². The number of carboxylic acid groups (broad SMARTS) is 5. The van der Waals surface area contributed by atoms with Crippen LogP contribution >= 0.6 is 0 Å². The second kappa shape index (κ2) is 19.8. The molecule has 20 heteroatoms. The molecule has 2 rings (SSSR count). The van der Waals surface area contributed by atoms with E-state index in [9.17, 15) is 58.5 Å². The highest BCUT2D eigenvalue weighted by Crippen LogP contribution is 2.19. The van der Waals surface area contributed by atoms with Crippen LogP contribution in [0, 0.1) is 0 Å². The van der Waals surface area contributed by atoms with E-state index in [1.807, 2.05) is 0 Å². The molecule has 51 heavy (non-hydrogen) atoms. The van der Waals surface area contributed by atoms with Gasteiger partial charge in [-0.2, -0.15) is 0 Å². The fourth-order valence-electron chi connectivity index (χ4n) is 4.84. The molecule has 5 atom stereocenters. The number of nitrogens with two attached hydrogens (primary N) is 1. The van der Waals surface area contributed by atoms with Crippen LogP contribution in [0.5, 0.6) is 0 Å². The van der Waals surface area contributed by atoms with Crippen molar-refractivity contribution >= 4 is 64.4 Å². The van der Waals surface area contributed by atoms with Gasteiger partial charge in [0.15, 0.2) is 0 Å². The minimum Gasteiger partial charge on any atom is -0.481 e. The minimum atomic E-state index is -1.74. The molecule has 0 fully saturated rings. The first kappa shape index (κ1) is 41.1. The standard InChI is InChI=1S/C31H40N6O14/c32-17(5-9-23(38)39)27(46)34-19(6-10-24(40)41)28(47)35-20(7-11-25(42)43)29(48)36-21(8-12-26(44)45)30(49)37-22(31(50)51)13-15-14-33-18-4-2-1-3-16(15)18/h1-4,14,17,19-22,33H,5-13,32H2,(H,34,46)(H,35,47)(H,36,48)(H,37,49)(H,38,39)(H,40,41)(H,42,43)(H,44,45)(H,50,51)/t17-,19-,20-,21-,22-/m0/s1. The van der Waals surface area contributed by atoms with E-state index in [0.29, 0.717) is 16.5 Å². The SMILES string of the molecule is N[C@@H](CCC(=O)O)C(=O)N[C@@H](CCC(=O)O)C(=O)N[C@@H](CCC(=O)O)C(=O)N[C@@H](CCC(=O)O)C(=O)N[C@@H](Cc1c[nH]c2ccccc12)C(=O)O. The molecule has 278 valence electrons. The van der Waals surface area contributed by atoms with Crippen molar-refractivity contribution in [1.29, 1.82) is 0 Å². The molecule has 12 N–H and O–H groups in total. The maximum absolute atomic E-state index is 13.4. The number of hydrogen-bond acceptors (Lipinski definition) is 10. The van der Waals surface area contributed by atoms with Gasteiger partial charge < -0.3 is 57.5 Å². The van der Waals surface area contributed by atoms with E-state index in [4.69, 9.17) is 15.9 Å². The van der Waals surface area contributed by atoms with Crippen molar-refractivity contribution in [3.05, 3.63) is 36.0 Å². The van der Waals surface area contributed by atoms with E-state index >= 15 is 0 Å². The number of carboxylic acids is 5. The monoisotopic (exact) mass is 720 g/mol. The number of hydrogen-bond donors (Lipinski definition) is 11. The Bertz CT molecular complexity index is 1620. The molecule has 0 spiro atoms. The fraction of sp³-hybridized carbons (Fsp3) is 0.452. The zero-order valence-electron chi connectivity index (χ0n) is 27.1. The summed E-state index contributed by atoms with van der Waals surface area (Å²) in [4.78, 5) is 112. The smallest absolute Gasteiger partial charge is 0.326 e. The molecule has 0 bridgehead atoms. The highest BCUT2D eigenvalue weighted by Gasteiger charge is 2.33. The third-order valence-corrected chi connectivity index (χ3v) is 7.56. The van der Waals surface area contributed by atoms with E-state index in [0.717, 1.165) is 0 Å². The Balaban J connectivity index is 2.28. The molecule has 0 unspecified atom stereocenters. The van der Waals surface area contributed by atoms with Gasteiger partial charge in [0.1, 0.15) is 24.2 Å². The van der Waals surface area contributed by atoms with Gasteiger partial charge in [-0.3, -0.25) is 38.4 Å². The first-order valence-corrected chi connectivity index (χ1v) is 15.6. The molecule has 0 aliphatic heterocycles. The molecule has 1 aromatic carbocycles. The summed E-state index contributed by atoms with van der Waals surface area (Å²) >= 11 is 0. The summed E-state index contributed by atoms with van der Waals surface area (Å²) in [5, 5.41) is 55.9. The summed E-state index contributed by atoms with van der Waals surface area (Å²) in [6.07, 6.45) is -3.16. The number of carbonyl (C=O) groups is 9. The fourth-order valence-corrected chi connectivity index (χ4v) is 4.84. The van der Waals surface area contributed by atoms with Crippen LogP contribution in [0.3, 0.4) is 0 Å². The van der Waals surface area contributed by atoms with Crippen LogP contribution in [0.4, 0.5) is 0 Å². The third kappa shape index (κ3) is 14.1. The molecule has 4 amide bonds. The van der Waals surface area contributed by atoms with Gasteiger partial charge in [-0.25, -0.2) is 4.79 Å². The second-order valence-corrected chi connectivity index (χ2v) is 11.5. The predicted octanol–water partition coefficient (Wildman–Crippen LogP) is -1.48. The molecule has 2 aromatic rings. The Hall–Kier alpha value is -6.05. The summed E-state index contributed by atoms with van der Waals surface area (Å²) in [6, 6.07) is -1.04. The van der Waals surface area contributed by atoms with Crippen LogP contribution in [0.15, 0.2) is 30.5 Å².